The van der Waals surface area contributed by atoms with E-state index in [1.165, 1.54) is 0 Å². The van der Waals surface area contributed by atoms with E-state index in [4.69, 9.17) is 5.73 Å². The van der Waals surface area contributed by atoms with Crippen molar-refractivity contribution < 1.29 is 0 Å². The lowest BCUT2D eigenvalue weighted by Gasteiger charge is -2.07. The van der Waals surface area contributed by atoms with Gasteiger partial charge in [0, 0.05) is 31.4 Å². The van der Waals surface area contributed by atoms with E-state index in [1.54, 1.807) is 6.20 Å². The van der Waals surface area contributed by atoms with E-state index < -0.39 is 0 Å². The molecule has 1 aromatic heterocycles. The van der Waals surface area contributed by atoms with Gasteiger partial charge in [0.15, 0.2) is 5.96 Å². The van der Waals surface area contributed by atoms with Gasteiger partial charge >= 0.3 is 0 Å². The maximum absolute atomic E-state index is 5.65. The van der Waals surface area contributed by atoms with Gasteiger partial charge in [-0.1, -0.05) is 0 Å². The molecule has 4 N–H and O–H groups in total. The fraction of sp³-hybridized carbons (Fsp3) is 0.600. The lowest BCUT2D eigenvalue weighted by atomic mass is 10.3. The summed E-state index contributed by atoms with van der Waals surface area (Å²) in [6, 6.07) is 0.332. The van der Waals surface area contributed by atoms with Gasteiger partial charge < -0.3 is 16.0 Å². The molecule has 5 nitrogen and oxygen atoms in total. The number of nitrogens with zero attached hydrogens (tertiary/aromatic N) is 2. The average Bonchev–Trinajstić information content (AvgIpc) is 2.63. The highest BCUT2D eigenvalue weighted by Crippen LogP contribution is 1.94. The summed E-state index contributed by atoms with van der Waals surface area (Å²) in [4.78, 5) is 11.4. The van der Waals surface area contributed by atoms with Crippen molar-refractivity contribution in [2.24, 2.45) is 10.7 Å². The van der Waals surface area contributed by atoms with Crippen LogP contribution in [0.3, 0.4) is 0 Å². The molecule has 84 valence electrons. The summed E-state index contributed by atoms with van der Waals surface area (Å²) in [6.45, 7) is 4.79. The minimum absolute atomic E-state index is 0.332. The highest BCUT2D eigenvalue weighted by atomic mass is 15.1. The lowest BCUT2D eigenvalue weighted by Crippen LogP contribution is -2.36. The van der Waals surface area contributed by atoms with Crippen LogP contribution in [0.4, 0.5) is 0 Å². The Bertz CT molecular complexity index is 289. The van der Waals surface area contributed by atoms with Crippen molar-refractivity contribution in [1.82, 2.24) is 15.3 Å². The van der Waals surface area contributed by atoms with Crippen LogP contribution in [0.1, 0.15) is 26.1 Å². The van der Waals surface area contributed by atoms with Crippen LogP contribution in [0.25, 0.3) is 0 Å². The van der Waals surface area contributed by atoms with Crippen LogP contribution in [0.2, 0.25) is 0 Å². The molecule has 0 bridgehead atoms. The minimum Gasteiger partial charge on any atom is -0.370 e. The van der Waals surface area contributed by atoms with Gasteiger partial charge in [-0.15, -0.1) is 0 Å². The Balaban J connectivity index is 2.15. The van der Waals surface area contributed by atoms with Gasteiger partial charge in [0.05, 0.1) is 0 Å². The predicted molar refractivity (Wildman–Crippen MR) is 61.7 cm³/mol. The van der Waals surface area contributed by atoms with E-state index in [-0.39, 0.29) is 0 Å². The van der Waals surface area contributed by atoms with Crippen molar-refractivity contribution in [3.05, 3.63) is 18.2 Å². The summed E-state index contributed by atoms with van der Waals surface area (Å²) in [7, 11) is 0. The number of aryl methyl sites for hydroxylation is 1. The first-order chi connectivity index (χ1) is 7.18. The molecule has 0 aliphatic heterocycles. The van der Waals surface area contributed by atoms with Gasteiger partial charge in [0.1, 0.15) is 5.82 Å². The fourth-order valence-corrected chi connectivity index (χ4v) is 1.22. The first kappa shape index (κ1) is 11.6. The number of aromatic amines is 1. The molecule has 5 heteroatoms. The molecule has 15 heavy (non-hydrogen) atoms. The minimum atomic E-state index is 0.332. The van der Waals surface area contributed by atoms with Crippen LogP contribution >= 0.6 is 0 Å². The normalized spacial score (nSPS) is 12.1. The maximum atomic E-state index is 5.65. The molecule has 0 fully saturated rings. The topological polar surface area (TPSA) is 79.1 Å². The number of imidazole rings is 1. The first-order valence-electron chi connectivity index (χ1n) is 5.23. The van der Waals surface area contributed by atoms with E-state index in [2.05, 4.69) is 20.3 Å². The summed E-state index contributed by atoms with van der Waals surface area (Å²) < 4.78 is 0. The SMILES string of the molecule is CC(C)NC(N)=NCCCc1ncc[nH]1. The Labute approximate surface area is 90.2 Å². The van der Waals surface area contributed by atoms with E-state index in [9.17, 15) is 0 Å². The molecule has 1 rings (SSSR count). The molecule has 0 aliphatic rings. The van der Waals surface area contributed by atoms with Crippen LogP contribution < -0.4 is 11.1 Å². The third kappa shape index (κ3) is 5.05. The Morgan fingerprint density at radius 1 is 1.67 bits per heavy atom. The van der Waals surface area contributed by atoms with Crippen molar-refractivity contribution in [3.63, 3.8) is 0 Å². The molecule has 0 aromatic carbocycles. The number of guanidine groups is 1. The molecule has 0 amide bonds. The number of nitrogens with two attached hydrogens (primary N) is 1. The van der Waals surface area contributed by atoms with Crippen molar-refractivity contribution in [3.8, 4) is 0 Å². The monoisotopic (exact) mass is 209 g/mol. The molecule has 1 heterocycles. The molecule has 0 aliphatic carbocycles. The van der Waals surface area contributed by atoms with Crippen LogP contribution in [0.5, 0.6) is 0 Å². The van der Waals surface area contributed by atoms with Crippen molar-refractivity contribution >= 4 is 5.96 Å². The quantitative estimate of drug-likeness (QED) is 0.378. The number of nitrogens with one attached hydrogen (secondary N) is 2. The Hall–Kier alpha value is -1.52. The highest BCUT2D eigenvalue weighted by Gasteiger charge is 1.96. The van der Waals surface area contributed by atoms with E-state index >= 15 is 0 Å². The average molecular weight is 209 g/mol. The molecule has 0 saturated carbocycles. The Morgan fingerprint density at radius 2 is 2.47 bits per heavy atom. The lowest BCUT2D eigenvalue weighted by molar-refractivity contribution is 0.717. The number of aliphatic imine (C=N–C) groups is 1. The Morgan fingerprint density at radius 3 is 3.07 bits per heavy atom. The smallest absolute Gasteiger partial charge is 0.188 e. The largest absolute Gasteiger partial charge is 0.370 e. The molecular formula is C10H19N5. The molecular weight excluding hydrogens is 190 g/mol. The molecule has 1 aromatic rings. The second-order valence-electron chi connectivity index (χ2n) is 3.71. The predicted octanol–water partition coefficient (Wildman–Crippen LogP) is 0.655. The van der Waals surface area contributed by atoms with Gasteiger partial charge in [-0.05, 0) is 20.3 Å². The second-order valence-corrected chi connectivity index (χ2v) is 3.71. The van der Waals surface area contributed by atoms with Crippen LogP contribution in [0.15, 0.2) is 17.4 Å². The van der Waals surface area contributed by atoms with Crippen molar-refractivity contribution in [2.45, 2.75) is 32.7 Å². The van der Waals surface area contributed by atoms with E-state index in [0.717, 1.165) is 25.2 Å². The second kappa shape index (κ2) is 6.06. The summed E-state index contributed by atoms with van der Waals surface area (Å²) in [5.41, 5.74) is 5.65. The summed E-state index contributed by atoms with van der Waals surface area (Å²) in [6.07, 6.45) is 5.44. The first-order valence-corrected chi connectivity index (χ1v) is 5.23. The number of hydrogen-bond acceptors (Lipinski definition) is 2. The zero-order valence-electron chi connectivity index (χ0n) is 9.33. The zero-order chi connectivity index (χ0) is 11.1. The summed E-state index contributed by atoms with van der Waals surface area (Å²) >= 11 is 0. The van der Waals surface area contributed by atoms with E-state index in [0.29, 0.717) is 12.0 Å². The van der Waals surface area contributed by atoms with Gasteiger partial charge in [0.25, 0.3) is 0 Å². The maximum Gasteiger partial charge on any atom is 0.188 e. The van der Waals surface area contributed by atoms with Gasteiger partial charge in [-0.3, -0.25) is 4.99 Å². The zero-order valence-corrected chi connectivity index (χ0v) is 9.33. The van der Waals surface area contributed by atoms with Gasteiger partial charge in [-0.2, -0.15) is 0 Å². The van der Waals surface area contributed by atoms with Crippen molar-refractivity contribution in [1.29, 1.82) is 0 Å². The van der Waals surface area contributed by atoms with E-state index in [1.807, 2.05) is 20.0 Å². The molecule has 0 atom stereocenters. The number of rotatable bonds is 5. The molecule has 0 radical (unpaired) electrons. The number of hydrogen-bond donors (Lipinski definition) is 3. The van der Waals surface area contributed by atoms with Crippen LogP contribution in [-0.4, -0.2) is 28.5 Å². The van der Waals surface area contributed by atoms with Gasteiger partial charge in [-0.25, -0.2) is 4.98 Å². The third-order valence-electron chi connectivity index (χ3n) is 1.85. The highest BCUT2D eigenvalue weighted by molar-refractivity contribution is 5.77. The molecule has 0 spiro atoms. The van der Waals surface area contributed by atoms with Gasteiger partial charge in [0.2, 0.25) is 0 Å². The molecule has 0 saturated heterocycles. The van der Waals surface area contributed by atoms with Crippen LogP contribution in [0, 0.1) is 0 Å². The third-order valence-corrected chi connectivity index (χ3v) is 1.85. The summed E-state index contributed by atoms with van der Waals surface area (Å²) in [5, 5.41) is 3.04. The number of H-pyrrole nitrogens is 1. The van der Waals surface area contributed by atoms with Crippen molar-refractivity contribution in [2.75, 3.05) is 6.54 Å². The fourth-order valence-electron chi connectivity index (χ4n) is 1.22. The number of aromatic nitrogens is 2. The summed E-state index contributed by atoms with van der Waals surface area (Å²) in [5.74, 6) is 1.52. The Kier molecular flexibility index (Phi) is 4.66. The standard InChI is InChI=1S/C10H19N5/c1-8(2)15-10(11)14-5-3-4-9-12-6-7-13-9/h6-8H,3-5H2,1-2H3,(H,12,13)(H3,11,14,15). The molecule has 0 unspecified atom stereocenters. The van der Waals surface area contributed by atoms with Crippen LogP contribution in [-0.2, 0) is 6.42 Å².